The van der Waals surface area contributed by atoms with Crippen molar-refractivity contribution in [3.63, 3.8) is 0 Å². The number of methoxy groups -OCH3 is 2. The summed E-state index contributed by atoms with van der Waals surface area (Å²) in [6.07, 6.45) is 1.37. The van der Waals surface area contributed by atoms with E-state index < -0.39 is 10.8 Å². The van der Waals surface area contributed by atoms with Crippen LogP contribution in [0.3, 0.4) is 0 Å². The Balaban J connectivity index is 2.06. The van der Waals surface area contributed by atoms with Crippen molar-refractivity contribution < 1.29 is 18.4 Å². The van der Waals surface area contributed by atoms with Gasteiger partial charge in [0, 0.05) is 6.07 Å². The van der Waals surface area contributed by atoms with Gasteiger partial charge in [-0.15, -0.1) is 4.91 Å². The summed E-state index contributed by atoms with van der Waals surface area (Å²) in [4.78, 5) is 15.6. The molecular formula is C17H18N4O5S. The summed E-state index contributed by atoms with van der Waals surface area (Å²) >= 11 is 0. The van der Waals surface area contributed by atoms with Crippen LogP contribution in [-0.2, 0) is 16.6 Å². The number of nitrogens with zero attached hydrogens (tertiary/aromatic N) is 4. The number of benzene rings is 1. The molecule has 0 amide bonds. The van der Waals surface area contributed by atoms with E-state index in [2.05, 4.69) is 10.3 Å². The molecule has 27 heavy (non-hydrogen) atoms. The molecule has 2 heterocycles. The van der Waals surface area contributed by atoms with E-state index in [1.165, 1.54) is 20.4 Å². The van der Waals surface area contributed by atoms with Crippen LogP contribution >= 0.6 is 0 Å². The molecule has 0 aliphatic rings. The van der Waals surface area contributed by atoms with Crippen molar-refractivity contribution in [2.24, 2.45) is 5.29 Å². The monoisotopic (exact) mass is 390 g/mol. The first-order chi connectivity index (χ1) is 12.9. The van der Waals surface area contributed by atoms with Gasteiger partial charge in [0.2, 0.25) is 10.9 Å². The highest BCUT2D eigenvalue weighted by Crippen LogP contribution is 2.27. The van der Waals surface area contributed by atoms with E-state index in [0.29, 0.717) is 38.4 Å². The van der Waals surface area contributed by atoms with Gasteiger partial charge in [0.1, 0.15) is 28.1 Å². The van der Waals surface area contributed by atoms with Gasteiger partial charge < -0.3 is 14.7 Å². The molecule has 10 heteroatoms. The summed E-state index contributed by atoms with van der Waals surface area (Å²) in [5.74, 6) is 0.967. The lowest BCUT2D eigenvalue weighted by molar-refractivity contribution is -0.613. The second-order valence-corrected chi connectivity index (χ2v) is 7.22. The van der Waals surface area contributed by atoms with Gasteiger partial charge >= 0.3 is 0 Å². The topological polar surface area (TPSA) is 110 Å². The summed E-state index contributed by atoms with van der Waals surface area (Å²) in [6, 6.07) is 4.88. The number of hydrogen-bond acceptors (Lipinski definition) is 7. The number of pyridine rings is 1. The second kappa shape index (κ2) is 7.31. The van der Waals surface area contributed by atoms with E-state index in [-0.39, 0.29) is 16.6 Å². The Morgan fingerprint density at radius 1 is 1.30 bits per heavy atom. The van der Waals surface area contributed by atoms with Crippen LogP contribution in [0.2, 0.25) is 0 Å². The maximum absolute atomic E-state index is 12.9. The predicted octanol–water partition coefficient (Wildman–Crippen LogP) is 2.14. The zero-order valence-corrected chi connectivity index (χ0v) is 16.1. The normalized spacial score (nSPS) is 12.1. The third kappa shape index (κ3) is 3.23. The second-order valence-electron chi connectivity index (χ2n) is 5.88. The molecule has 1 atom stereocenters. The molecule has 0 radical (unpaired) electrons. The molecular weight excluding hydrogens is 372 g/mol. The maximum Gasteiger partial charge on any atom is 0.224 e. The standard InChI is InChI=1S/C17H18N4O5S/c1-10-8-20(23)15(11(2)16(10)26-4)9-27(24)17-18-13-7-12(25-3)5-6-14(13)21(17)19-22/h5-8H,9H2,1-4H3/t27-/m0/s1. The fourth-order valence-electron chi connectivity index (χ4n) is 2.96. The quantitative estimate of drug-likeness (QED) is 0.362. The summed E-state index contributed by atoms with van der Waals surface area (Å²) in [6.45, 7) is 3.47. The minimum atomic E-state index is -1.78. The van der Waals surface area contributed by atoms with Gasteiger partial charge in [0.25, 0.3) is 0 Å². The SMILES string of the molecule is COc1ccc2c(c1)nc([S@@](=O)Cc1c(C)c(OC)c(C)c[n+]1[O-])n2N=O. The number of aryl methyl sites for hydroxylation is 1. The molecule has 0 aliphatic heterocycles. The van der Waals surface area contributed by atoms with Gasteiger partial charge in [-0.2, -0.15) is 9.41 Å². The van der Waals surface area contributed by atoms with Crippen molar-refractivity contribution in [1.29, 1.82) is 0 Å². The molecule has 0 N–H and O–H groups in total. The first kappa shape index (κ1) is 18.8. The molecule has 3 aromatic rings. The average Bonchev–Trinajstić information content (AvgIpc) is 3.02. The number of aromatic nitrogens is 3. The average molecular weight is 390 g/mol. The number of nitroso groups, excluding NO2 is 1. The van der Waals surface area contributed by atoms with Gasteiger partial charge in [-0.25, -0.2) is 4.98 Å². The molecule has 0 unspecified atom stereocenters. The Bertz CT molecular complexity index is 1060. The third-order valence-corrected chi connectivity index (χ3v) is 5.48. The van der Waals surface area contributed by atoms with Crippen LogP contribution in [0, 0.1) is 24.0 Å². The highest BCUT2D eigenvalue weighted by Gasteiger charge is 2.24. The number of fused-ring (bicyclic) bond motifs is 1. The summed E-state index contributed by atoms with van der Waals surface area (Å²) in [5, 5.41) is 15.2. The zero-order chi connectivity index (χ0) is 19.7. The summed E-state index contributed by atoms with van der Waals surface area (Å²) in [7, 11) is 1.23. The third-order valence-electron chi connectivity index (χ3n) is 4.27. The van der Waals surface area contributed by atoms with Gasteiger partial charge in [0.05, 0.1) is 41.7 Å². The highest BCUT2D eigenvalue weighted by molar-refractivity contribution is 7.84. The van der Waals surface area contributed by atoms with Crippen LogP contribution < -0.4 is 14.2 Å². The molecule has 0 spiro atoms. The lowest BCUT2D eigenvalue weighted by Crippen LogP contribution is -2.34. The fraction of sp³-hybridized carbons (Fsp3) is 0.294. The van der Waals surface area contributed by atoms with Crippen molar-refractivity contribution in [1.82, 2.24) is 9.66 Å². The molecule has 0 saturated heterocycles. The van der Waals surface area contributed by atoms with E-state index in [0.717, 1.165) is 4.68 Å². The van der Waals surface area contributed by atoms with Crippen molar-refractivity contribution in [3.8, 4) is 11.5 Å². The number of imidazole rings is 1. The molecule has 142 valence electrons. The van der Waals surface area contributed by atoms with Gasteiger partial charge in [-0.1, -0.05) is 0 Å². The van der Waals surface area contributed by atoms with Crippen LogP contribution in [0.1, 0.15) is 16.8 Å². The first-order valence-corrected chi connectivity index (χ1v) is 9.27. The molecule has 0 aliphatic carbocycles. The Kier molecular flexibility index (Phi) is 5.08. The lowest BCUT2D eigenvalue weighted by atomic mass is 10.1. The van der Waals surface area contributed by atoms with E-state index in [9.17, 15) is 14.3 Å². The van der Waals surface area contributed by atoms with E-state index in [1.807, 2.05) is 0 Å². The molecule has 0 saturated carbocycles. The molecule has 9 nitrogen and oxygen atoms in total. The van der Waals surface area contributed by atoms with Crippen LogP contribution in [-0.4, -0.2) is 28.1 Å². The van der Waals surface area contributed by atoms with E-state index in [4.69, 9.17) is 9.47 Å². The Morgan fingerprint density at radius 2 is 2.04 bits per heavy atom. The van der Waals surface area contributed by atoms with Crippen molar-refractivity contribution in [2.75, 3.05) is 14.2 Å². The summed E-state index contributed by atoms with van der Waals surface area (Å²) < 4.78 is 25.0. The van der Waals surface area contributed by atoms with Gasteiger partial charge in [0.15, 0.2) is 6.20 Å². The first-order valence-electron chi connectivity index (χ1n) is 7.96. The molecule has 0 bridgehead atoms. The number of rotatable bonds is 6. The van der Waals surface area contributed by atoms with Crippen LogP contribution in [0.15, 0.2) is 34.8 Å². The minimum Gasteiger partial charge on any atom is -0.618 e. The summed E-state index contributed by atoms with van der Waals surface area (Å²) in [5.41, 5.74) is 2.36. The highest BCUT2D eigenvalue weighted by atomic mass is 32.2. The van der Waals surface area contributed by atoms with Gasteiger partial charge in [-0.3, -0.25) is 4.21 Å². The maximum atomic E-state index is 12.9. The smallest absolute Gasteiger partial charge is 0.224 e. The largest absolute Gasteiger partial charge is 0.618 e. The Labute approximate surface area is 157 Å². The van der Waals surface area contributed by atoms with Crippen molar-refractivity contribution in [3.05, 3.63) is 51.3 Å². The number of hydrogen-bond donors (Lipinski definition) is 0. The van der Waals surface area contributed by atoms with Crippen LogP contribution in [0.25, 0.3) is 11.0 Å². The van der Waals surface area contributed by atoms with Crippen molar-refractivity contribution >= 4 is 21.8 Å². The number of ether oxygens (including phenoxy) is 2. The molecule has 1 aromatic carbocycles. The lowest BCUT2D eigenvalue weighted by Gasteiger charge is -2.12. The Morgan fingerprint density at radius 3 is 2.67 bits per heavy atom. The van der Waals surface area contributed by atoms with Crippen LogP contribution in [0.4, 0.5) is 0 Å². The predicted molar refractivity (Wildman–Crippen MR) is 99.0 cm³/mol. The molecule has 0 fully saturated rings. The molecule has 3 rings (SSSR count). The van der Waals surface area contributed by atoms with Gasteiger partial charge in [-0.05, 0) is 26.0 Å². The zero-order valence-electron chi connectivity index (χ0n) is 15.3. The van der Waals surface area contributed by atoms with Crippen molar-refractivity contribution in [2.45, 2.75) is 24.8 Å². The van der Waals surface area contributed by atoms with Crippen LogP contribution in [0.5, 0.6) is 11.5 Å². The fourth-order valence-corrected chi connectivity index (χ4v) is 4.20. The van der Waals surface area contributed by atoms with E-state index in [1.54, 1.807) is 32.0 Å². The minimum absolute atomic E-state index is 0.0350. The Hall–Kier alpha value is -3.01. The molecule has 2 aromatic heterocycles. The van der Waals surface area contributed by atoms with E-state index >= 15 is 0 Å².